The number of unbranched alkanes of at least 4 members (excludes halogenated alkanes) is 1. The number of fused-ring (bicyclic) bond motifs is 1. The molecule has 0 spiro atoms. The molecule has 0 saturated carbocycles. The van der Waals surface area contributed by atoms with Gasteiger partial charge in [-0.3, -0.25) is 9.59 Å². The molecule has 208 valence electrons. The van der Waals surface area contributed by atoms with Gasteiger partial charge in [0.15, 0.2) is 6.61 Å². The van der Waals surface area contributed by atoms with E-state index in [2.05, 4.69) is 28.2 Å². The quantitative estimate of drug-likeness (QED) is 0.160. The molecule has 1 N–H and O–H groups in total. The van der Waals surface area contributed by atoms with E-state index in [-0.39, 0.29) is 25.0 Å². The van der Waals surface area contributed by atoms with Crippen LogP contribution >= 0.6 is 39.1 Å². The molecule has 4 aromatic rings. The molecule has 0 bridgehead atoms. The molecular weight excluding hydrogens is 611 g/mol. The molecule has 0 heterocycles. The molecule has 0 saturated heterocycles. The summed E-state index contributed by atoms with van der Waals surface area (Å²) in [5.74, 6) is -0.0104. The van der Waals surface area contributed by atoms with Crippen molar-refractivity contribution in [2.24, 2.45) is 0 Å². The number of benzene rings is 4. The third-order valence-corrected chi connectivity index (χ3v) is 8.04. The first-order valence-corrected chi connectivity index (χ1v) is 14.8. The Labute approximate surface area is 253 Å². The summed E-state index contributed by atoms with van der Waals surface area (Å²) in [7, 11) is 0. The van der Waals surface area contributed by atoms with Gasteiger partial charge in [-0.05, 0) is 62.4 Å². The first-order valence-electron chi connectivity index (χ1n) is 13.2. The van der Waals surface area contributed by atoms with Gasteiger partial charge in [-0.25, -0.2) is 0 Å². The van der Waals surface area contributed by atoms with Crippen LogP contribution in [0.4, 0.5) is 0 Å². The van der Waals surface area contributed by atoms with Crippen molar-refractivity contribution in [3.8, 4) is 5.75 Å². The molecule has 4 rings (SSSR count). The van der Waals surface area contributed by atoms with Crippen LogP contribution in [0.5, 0.6) is 5.75 Å². The molecule has 0 fully saturated rings. The topological polar surface area (TPSA) is 58.6 Å². The van der Waals surface area contributed by atoms with E-state index in [4.69, 9.17) is 27.9 Å². The Morgan fingerprint density at radius 3 is 2.48 bits per heavy atom. The first kappa shape index (κ1) is 29.9. The first-order chi connectivity index (χ1) is 19.4. The number of ether oxygens (including phenoxy) is 1. The maximum Gasteiger partial charge on any atom is 0.261 e. The van der Waals surface area contributed by atoms with E-state index in [1.165, 1.54) is 0 Å². The van der Waals surface area contributed by atoms with Gasteiger partial charge in [0.1, 0.15) is 11.8 Å². The molecule has 1 atom stereocenters. The minimum atomic E-state index is -0.776. The van der Waals surface area contributed by atoms with Gasteiger partial charge in [0.05, 0.1) is 4.47 Å². The van der Waals surface area contributed by atoms with Crippen LogP contribution in [0, 0.1) is 0 Å². The molecule has 8 heteroatoms. The summed E-state index contributed by atoms with van der Waals surface area (Å²) >= 11 is 16.3. The number of nitrogens with zero attached hydrogens (tertiary/aromatic N) is 1. The van der Waals surface area contributed by atoms with Crippen LogP contribution in [0.1, 0.15) is 30.9 Å². The highest BCUT2D eigenvalue weighted by Crippen LogP contribution is 2.33. The van der Waals surface area contributed by atoms with Crippen LogP contribution in [-0.4, -0.2) is 35.9 Å². The number of amides is 2. The lowest BCUT2D eigenvalue weighted by Crippen LogP contribution is -2.51. The van der Waals surface area contributed by atoms with Crippen LogP contribution in [0.3, 0.4) is 0 Å². The Morgan fingerprint density at radius 1 is 0.975 bits per heavy atom. The Kier molecular flexibility index (Phi) is 10.9. The summed E-state index contributed by atoms with van der Waals surface area (Å²) in [5.41, 5.74) is 1.63. The summed E-state index contributed by atoms with van der Waals surface area (Å²) in [5, 5.41) is 5.97. The number of carbonyl (C=O) groups is 2. The Morgan fingerprint density at radius 2 is 1.73 bits per heavy atom. The zero-order valence-electron chi connectivity index (χ0n) is 22.2. The second kappa shape index (κ2) is 14.5. The highest BCUT2D eigenvalue weighted by atomic mass is 79.9. The predicted molar refractivity (Wildman–Crippen MR) is 166 cm³/mol. The number of hydrogen-bond donors (Lipinski definition) is 1. The van der Waals surface area contributed by atoms with Gasteiger partial charge in [0.25, 0.3) is 5.91 Å². The van der Waals surface area contributed by atoms with Crippen molar-refractivity contribution in [3.63, 3.8) is 0 Å². The fraction of sp³-hybridized carbons (Fsp3) is 0.250. The highest BCUT2D eigenvalue weighted by molar-refractivity contribution is 9.10. The van der Waals surface area contributed by atoms with Gasteiger partial charge in [-0.2, -0.15) is 0 Å². The predicted octanol–water partition coefficient (Wildman–Crippen LogP) is 7.84. The maximum absolute atomic E-state index is 13.9. The summed E-state index contributed by atoms with van der Waals surface area (Å²) in [6, 6.07) is 25.7. The molecule has 40 heavy (non-hydrogen) atoms. The van der Waals surface area contributed by atoms with Gasteiger partial charge in [-0.1, -0.05) is 103 Å². The second-order valence-electron chi connectivity index (χ2n) is 9.49. The van der Waals surface area contributed by atoms with Crippen molar-refractivity contribution in [2.45, 2.75) is 38.8 Å². The van der Waals surface area contributed by atoms with E-state index in [1.54, 1.807) is 23.1 Å². The minimum absolute atomic E-state index is 0.121. The summed E-state index contributed by atoms with van der Waals surface area (Å²) in [6.45, 7) is 2.46. The Hall–Kier alpha value is -3.06. The molecule has 2 amide bonds. The van der Waals surface area contributed by atoms with Gasteiger partial charge in [-0.15, -0.1) is 0 Å². The molecule has 4 aromatic carbocycles. The largest absolute Gasteiger partial charge is 0.483 e. The average Bonchev–Trinajstić information content (AvgIpc) is 2.96. The average molecular weight is 642 g/mol. The lowest BCUT2D eigenvalue weighted by atomic mass is 10.0. The third kappa shape index (κ3) is 7.78. The summed E-state index contributed by atoms with van der Waals surface area (Å²) < 4.78 is 6.80. The SMILES string of the molecule is CCCCNC(=O)[C@@H](Cc1ccccc1)N(Cc1ccc(Cl)cc1Cl)C(=O)COc1ccc2ccccc2c1Br. The number of rotatable bonds is 12. The van der Waals surface area contributed by atoms with Crippen molar-refractivity contribution in [3.05, 3.63) is 111 Å². The lowest BCUT2D eigenvalue weighted by Gasteiger charge is -2.32. The number of nitrogens with one attached hydrogen (secondary N) is 1. The highest BCUT2D eigenvalue weighted by Gasteiger charge is 2.31. The minimum Gasteiger partial charge on any atom is -0.483 e. The molecule has 0 radical (unpaired) electrons. The Balaban J connectivity index is 1.64. The lowest BCUT2D eigenvalue weighted by molar-refractivity contribution is -0.142. The monoisotopic (exact) mass is 640 g/mol. The Bertz CT molecular complexity index is 1470. The van der Waals surface area contributed by atoms with Crippen molar-refractivity contribution in [1.29, 1.82) is 0 Å². The summed E-state index contributed by atoms with van der Waals surface area (Å²) in [6.07, 6.45) is 2.14. The second-order valence-corrected chi connectivity index (χ2v) is 11.1. The van der Waals surface area contributed by atoms with Gasteiger partial charge < -0.3 is 15.0 Å². The van der Waals surface area contributed by atoms with Crippen LogP contribution in [-0.2, 0) is 22.6 Å². The van der Waals surface area contributed by atoms with Gasteiger partial charge >= 0.3 is 0 Å². The van der Waals surface area contributed by atoms with E-state index in [1.807, 2.05) is 66.7 Å². The number of hydrogen-bond acceptors (Lipinski definition) is 3. The summed E-state index contributed by atoms with van der Waals surface area (Å²) in [4.78, 5) is 29.0. The van der Waals surface area contributed by atoms with E-state index in [9.17, 15) is 9.59 Å². The maximum atomic E-state index is 13.9. The van der Waals surface area contributed by atoms with E-state index >= 15 is 0 Å². The van der Waals surface area contributed by atoms with Crippen molar-refractivity contribution < 1.29 is 14.3 Å². The van der Waals surface area contributed by atoms with Crippen molar-refractivity contribution in [1.82, 2.24) is 10.2 Å². The molecule has 5 nitrogen and oxygen atoms in total. The van der Waals surface area contributed by atoms with Crippen molar-refractivity contribution >= 4 is 61.7 Å². The van der Waals surface area contributed by atoms with Gasteiger partial charge in [0, 0.05) is 29.6 Å². The van der Waals surface area contributed by atoms with Crippen LogP contribution in [0.25, 0.3) is 10.8 Å². The molecule has 0 unspecified atom stereocenters. The van der Waals surface area contributed by atoms with Crippen LogP contribution in [0.2, 0.25) is 10.0 Å². The number of carbonyl (C=O) groups excluding carboxylic acids is 2. The molecule has 0 aromatic heterocycles. The zero-order chi connectivity index (χ0) is 28.5. The molecule has 0 aliphatic rings. The van der Waals surface area contributed by atoms with Crippen LogP contribution < -0.4 is 10.1 Å². The standard InChI is InChI=1S/C32H31BrCl2N2O3/c1-2-3-17-36-32(39)28(18-22-9-5-4-6-10-22)37(20-24-13-15-25(34)19-27(24)35)30(38)21-40-29-16-14-23-11-7-8-12-26(23)31(29)33/h4-16,19,28H,2-3,17-18,20-21H2,1H3,(H,36,39)/t28-/m1/s1. The smallest absolute Gasteiger partial charge is 0.261 e. The fourth-order valence-corrected chi connectivity index (χ4v) is 5.52. The third-order valence-electron chi connectivity index (χ3n) is 6.64. The fourth-order valence-electron chi connectivity index (χ4n) is 4.44. The molecule has 0 aliphatic carbocycles. The normalized spacial score (nSPS) is 11.7. The van der Waals surface area contributed by atoms with Crippen molar-refractivity contribution in [2.75, 3.05) is 13.2 Å². The van der Waals surface area contributed by atoms with Crippen LogP contribution in [0.15, 0.2) is 89.4 Å². The van der Waals surface area contributed by atoms with Gasteiger partial charge in [0.2, 0.25) is 5.91 Å². The van der Waals surface area contributed by atoms with E-state index in [0.29, 0.717) is 34.3 Å². The zero-order valence-corrected chi connectivity index (χ0v) is 25.3. The van der Waals surface area contributed by atoms with E-state index < -0.39 is 6.04 Å². The molecule has 0 aliphatic heterocycles. The number of halogens is 3. The molecular formula is C32H31BrCl2N2O3. The van der Waals surface area contributed by atoms with E-state index in [0.717, 1.165) is 33.7 Å².